The van der Waals surface area contributed by atoms with Gasteiger partial charge in [-0.05, 0) is 42.8 Å². The molecule has 2 aromatic carbocycles. The summed E-state index contributed by atoms with van der Waals surface area (Å²) >= 11 is 5.77. The summed E-state index contributed by atoms with van der Waals surface area (Å²) in [5.74, 6) is -3.60. The van der Waals surface area contributed by atoms with Crippen molar-refractivity contribution in [1.82, 2.24) is 0 Å². The zero-order valence-corrected chi connectivity index (χ0v) is 13.1. The Hall–Kier alpha value is -2.47. The molecule has 2 aromatic rings. The number of carbonyl (C=O) groups is 2. The molecule has 1 aliphatic rings. The highest BCUT2D eigenvalue weighted by Gasteiger charge is 2.48. The number of carbonyl (C=O) groups excluding carboxylic acids is 2. The lowest BCUT2D eigenvalue weighted by Gasteiger charge is -2.06. The van der Waals surface area contributed by atoms with E-state index in [9.17, 15) is 18.4 Å². The van der Waals surface area contributed by atoms with Gasteiger partial charge in [0.05, 0.1) is 11.8 Å². The van der Waals surface area contributed by atoms with Crippen molar-refractivity contribution in [3.8, 4) is 0 Å². The molecule has 2 N–H and O–H groups in total. The van der Waals surface area contributed by atoms with Gasteiger partial charge in [-0.25, -0.2) is 8.78 Å². The van der Waals surface area contributed by atoms with Crippen LogP contribution >= 0.6 is 11.6 Å². The lowest BCUT2D eigenvalue weighted by Crippen LogP contribution is -2.20. The minimum absolute atomic E-state index is 0.155. The number of nitrogens with one attached hydrogen (secondary N) is 2. The molecule has 1 saturated carbocycles. The van der Waals surface area contributed by atoms with Crippen LogP contribution in [0, 0.1) is 23.5 Å². The topological polar surface area (TPSA) is 58.2 Å². The zero-order valence-electron chi connectivity index (χ0n) is 12.4. The predicted molar refractivity (Wildman–Crippen MR) is 86.7 cm³/mol. The number of amides is 2. The minimum atomic E-state index is -1.04. The quantitative estimate of drug-likeness (QED) is 0.880. The molecule has 2 atom stereocenters. The number of benzene rings is 2. The smallest absolute Gasteiger partial charge is 0.228 e. The van der Waals surface area contributed by atoms with Gasteiger partial charge in [0.15, 0.2) is 11.6 Å². The third-order valence-corrected chi connectivity index (χ3v) is 4.01. The molecule has 0 radical (unpaired) electrons. The van der Waals surface area contributed by atoms with Crippen LogP contribution in [0.2, 0.25) is 5.02 Å². The van der Waals surface area contributed by atoms with E-state index in [1.807, 2.05) is 0 Å². The Morgan fingerprint density at radius 1 is 0.875 bits per heavy atom. The molecule has 3 rings (SSSR count). The SMILES string of the molecule is O=C(Nc1ccc(Cl)cc1)C1CC1C(=O)Nc1ccc(F)c(F)c1. The first-order valence-corrected chi connectivity index (χ1v) is 7.64. The second kappa shape index (κ2) is 6.57. The van der Waals surface area contributed by atoms with Gasteiger partial charge < -0.3 is 10.6 Å². The first-order valence-electron chi connectivity index (χ1n) is 7.26. The molecule has 0 aromatic heterocycles. The summed E-state index contributed by atoms with van der Waals surface area (Å²) in [5, 5.41) is 5.75. The van der Waals surface area contributed by atoms with Gasteiger partial charge in [-0.2, -0.15) is 0 Å². The average Bonchev–Trinajstić information content (AvgIpc) is 3.34. The van der Waals surface area contributed by atoms with Crippen LogP contribution in [-0.2, 0) is 9.59 Å². The molecule has 0 aliphatic heterocycles. The van der Waals surface area contributed by atoms with E-state index in [1.54, 1.807) is 24.3 Å². The molecular formula is C17H13ClF2N2O2. The van der Waals surface area contributed by atoms with Crippen LogP contribution in [-0.4, -0.2) is 11.8 Å². The van der Waals surface area contributed by atoms with Crippen LogP contribution in [0.5, 0.6) is 0 Å². The highest BCUT2D eigenvalue weighted by molar-refractivity contribution is 6.30. The van der Waals surface area contributed by atoms with Gasteiger partial charge in [-0.15, -0.1) is 0 Å². The molecule has 4 nitrogen and oxygen atoms in total. The van der Waals surface area contributed by atoms with Crippen LogP contribution in [0.4, 0.5) is 20.2 Å². The molecule has 2 amide bonds. The summed E-state index contributed by atoms with van der Waals surface area (Å²) in [6, 6.07) is 9.73. The highest BCUT2D eigenvalue weighted by atomic mass is 35.5. The fraction of sp³-hybridized carbons (Fsp3) is 0.176. The van der Waals surface area contributed by atoms with Crippen molar-refractivity contribution in [2.24, 2.45) is 11.8 Å². The fourth-order valence-electron chi connectivity index (χ4n) is 2.35. The maximum atomic E-state index is 13.1. The molecule has 7 heteroatoms. The van der Waals surface area contributed by atoms with Crippen molar-refractivity contribution in [3.63, 3.8) is 0 Å². The normalized spacial score (nSPS) is 18.8. The largest absolute Gasteiger partial charge is 0.326 e. The Kier molecular flexibility index (Phi) is 4.49. The van der Waals surface area contributed by atoms with E-state index in [2.05, 4.69) is 10.6 Å². The van der Waals surface area contributed by atoms with Gasteiger partial charge in [0.25, 0.3) is 0 Å². The Morgan fingerprint density at radius 2 is 1.42 bits per heavy atom. The lowest BCUT2D eigenvalue weighted by molar-refractivity contribution is -0.122. The third kappa shape index (κ3) is 3.71. The van der Waals surface area contributed by atoms with Crippen LogP contribution < -0.4 is 10.6 Å². The van der Waals surface area contributed by atoms with Gasteiger partial charge in [-0.3, -0.25) is 9.59 Å². The summed E-state index contributed by atoms with van der Waals surface area (Å²) < 4.78 is 26.0. The monoisotopic (exact) mass is 350 g/mol. The molecule has 2 unspecified atom stereocenters. The van der Waals surface area contributed by atoms with E-state index >= 15 is 0 Å². The third-order valence-electron chi connectivity index (χ3n) is 3.76. The first-order chi connectivity index (χ1) is 11.4. The molecule has 0 bridgehead atoms. The van der Waals surface area contributed by atoms with Crippen molar-refractivity contribution in [1.29, 1.82) is 0 Å². The molecule has 0 saturated heterocycles. The molecule has 124 valence electrons. The second-order valence-corrected chi connectivity index (χ2v) is 6.00. The number of anilines is 2. The Bertz CT molecular complexity index is 796. The summed E-state index contributed by atoms with van der Waals surface area (Å²) in [6.45, 7) is 0. The highest BCUT2D eigenvalue weighted by Crippen LogP contribution is 2.40. The Labute approximate surface area is 141 Å². The predicted octanol–water partition coefficient (Wildman–Crippen LogP) is 3.83. The van der Waals surface area contributed by atoms with Crippen molar-refractivity contribution in [3.05, 3.63) is 59.1 Å². The van der Waals surface area contributed by atoms with Crippen molar-refractivity contribution >= 4 is 34.8 Å². The summed E-state index contributed by atoms with van der Waals surface area (Å²) in [5.41, 5.74) is 0.749. The first kappa shape index (κ1) is 16.4. The van der Waals surface area contributed by atoms with Crippen molar-refractivity contribution in [2.75, 3.05) is 10.6 Å². The zero-order chi connectivity index (χ0) is 17.3. The maximum absolute atomic E-state index is 13.1. The van der Waals surface area contributed by atoms with Crippen molar-refractivity contribution in [2.45, 2.75) is 6.42 Å². The molecule has 1 aliphatic carbocycles. The summed E-state index contributed by atoms with van der Waals surface area (Å²) in [4.78, 5) is 24.2. The molecule has 1 fully saturated rings. The van der Waals surface area contributed by atoms with E-state index in [4.69, 9.17) is 11.6 Å². The van der Waals surface area contributed by atoms with Gasteiger partial charge >= 0.3 is 0 Å². The standard InChI is InChI=1S/C17H13ClF2N2O2/c18-9-1-3-10(4-2-9)21-16(23)12-8-13(12)17(24)22-11-5-6-14(19)15(20)7-11/h1-7,12-13H,8H2,(H,21,23)(H,22,24). The van der Waals surface area contributed by atoms with Crippen LogP contribution in [0.25, 0.3) is 0 Å². The molecule has 24 heavy (non-hydrogen) atoms. The molecule has 0 spiro atoms. The average molecular weight is 351 g/mol. The van der Waals surface area contributed by atoms with E-state index in [1.165, 1.54) is 6.07 Å². The number of hydrogen-bond donors (Lipinski definition) is 2. The van der Waals surface area contributed by atoms with E-state index in [0.717, 1.165) is 12.1 Å². The summed E-state index contributed by atoms with van der Waals surface area (Å²) in [6.07, 6.45) is 0.412. The Morgan fingerprint density at radius 3 is 2.00 bits per heavy atom. The van der Waals surface area contributed by atoms with Gasteiger partial charge in [-0.1, -0.05) is 11.6 Å². The van der Waals surface area contributed by atoms with Gasteiger partial charge in [0.1, 0.15) is 0 Å². The van der Waals surface area contributed by atoms with Gasteiger partial charge in [0, 0.05) is 22.5 Å². The number of hydrogen-bond acceptors (Lipinski definition) is 2. The fourth-order valence-corrected chi connectivity index (χ4v) is 2.48. The van der Waals surface area contributed by atoms with E-state index in [-0.39, 0.29) is 11.6 Å². The Balaban J connectivity index is 1.55. The minimum Gasteiger partial charge on any atom is -0.326 e. The summed E-state index contributed by atoms with van der Waals surface area (Å²) in [7, 11) is 0. The molecule has 0 heterocycles. The second-order valence-electron chi connectivity index (χ2n) is 5.56. The van der Waals surface area contributed by atoms with E-state index in [0.29, 0.717) is 17.1 Å². The number of rotatable bonds is 4. The van der Waals surface area contributed by atoms with Gasteiger partial charge in [0.2, 0.25) is 11.8 Å². The molecular weight excluding hydrogens is 338 g/mol. The maximum Gasteiger partial charge on any atom is 0.228 e. The number of halogens is 3. The van der Waals surface area contributed by atoms with Crippen LogP contribution in [0.3, 0.4) is 0 Å². The van der Waals surface area contributed by atoms with E-state index < -0.39 is 29.4 Å². The van der Waals surface area contributed by atoms with Crippen LogP contribution in [0.15, 0.2) is 42.5 Å². The van der Waals surface area contributed by atoms with Crippen LogP contribution in [0.1, 0.15) is 6.42 Å². The van der Waals surface area contributed by atoms with Crippen molar-refractivity contribution < 1.29 is 18.4 Å². The lowest BCUT2D eigenvalue weighted by atomic mass is 10.2.